The summed E-state index contributed by atoms with van der Waals surface area (Å²) < 4.78 is 1.36. The van der Waals surface area contributed by atoms with Crippen molar-refractivity contribution in [3.63, 3.8) is 0 Å². The first-order valence-corrected chi connectivity index (χ1v) is 8.24. The first kappa shape index (κ1) is 14.5. The zero-order valence-electron chi connectivity index (χ0n) is 12.3. The minimum absolute atomic E-state index is 0.158. The Labute approximate surface area is 129 Å². The van der Waals surface area contributed by atoms with Crippen molar-refractivity contribution in [3.05, 3.63) is 35.2 Å². The zero-order valence-corrected chi connectivity index (χ0v) is 13.1. The number of thiophene rings is 1. The molecule has 1 amide bonds. The molecule has 4 nitrogen and oxygen atoms in total. The molecule has 0 saturated carbocycles. The monoisotopic (exact) mass is 303 g/mol. The van der Waals surface area contributed by atoms with Gasteiger partial charge in [-0.1, -0.05) is 18.2 Å². The first-order chi connectivity index (χ1) is 10.1. The molecule has 112 valence electrons. The molecule has 2 heterocycles. The molecule has 1 aromatic carbocycles. The van der Waals surface area contributed by atoms with E-state index in [0.717, 1.165) is 32.7 Å². The van der Waals surface area contributed by atoms with Gasteiger partial charge >= 0.3 is 0 Å². The van der Waals surface area contributed by atoms with Gasteiger partial charge in [-0.15, -0.1) is 11.3 Å². The summed E-state index contributed by atoms with van der Waals surface area (Å²) in [6, 6.07) is 8.41. The van der Waals surface area contributed by atoms with E-state index >= 15 is 0 Å². The number of piperazine rings is 1. The van der Waals surface area contributed by atoms with E-state index in [4.69, 9.17) is 5.73 Å². The molecule has 2 aromatic rings. The summed E-state index contributed by atoms with van der Waals surface area (Å²) >= 11 is 1.81. The van der Waals surface area contributed by atoms with Crippen molar-refractivity contribution < 1.29 is 4.79 Å². The Kier molecular flexibility index (Phi) is 4.24. The van der Waals surface area contributed by atoms with E-state index < -0.39 is 0 Å². The third-order valence-electron chi connectivity index (χ3n) is 4.32. The first-order valence-electron chi connectivity index (χ1n) is 7.36. The van der Waals surface area contributed by atoms with Crippen LogP contribution in [0.15, 0.2) is 29.6 Å². The average molecular weight is 303 g/mol. The van der Waals surface area contributed by atoms with Gasteiger partial charge < -0.3 is 5.73 Å². The number of primary amides is 1. The highest BCUT2D eigenvalue weighted by molar-refractivity contribution is 7.17. The number of fused-ring (bicyclic) bond motifs is 1. The Morgan fingerprint density at radius 1 is 1.29 bits per heavy atom. The fraction of sp³-hybridized carbons (Fsp3) is 0.438. The molecular formula is C16H21N3OS. The third-order valence-corrected chi connectivity index (χ3v) is 5.33. The lowest BCUT2D eigenvalue weighted by atomic mass is 10.1. The van der Waals surface area contributed by atoms with Gasteiger partial charge in [-0.3, -0.25) is 14.6 Å². The Morgan fingerprint density at radius 3 is 2.71 bits per heavy atom. The highest BCUT2D eigenvalue weighted by Gasteiger charge is 2.24. The topological polar surface area (TPSA) is 49.6 Å². The van der Waals surface area contributed by atoms with Gasteiger partial charge in [0.2, 0.25) is 5.91 Å². The molecule has 0 aliphatic carbocycles. The van der Waals surface area contributed by atoms with Crippen LogP contribution in [-0.2, 0) is 11.3 Å². The third kappa shape index (κ3) is 3.10. The number of amides is 1. The Hall–Kier alpha value is -1.43. The Bertz CT molecular complexity index is 631. The van der Waals surface area contributed by atoms with Gasteiger partial charge in [0.15, 0.2) is 0 Å². The molecule has 21 heavy (non-hydrogen) atoms. The summed E-state index contributed by atoms with van der Waals surface area (Å²) in [5, 5.41) is 3.64. The maximum absolute atomic E-state index is 11.3. The van der Waals surface area contributed by atoms with Crippen molar-refractivity contribution in [1.82, 2.24) is 9.80 Å². The molecule has 2 N–H and O–H groups in total. The quantitative estimate of drug-likeness (QED) is 0.938. The van der Waals surface area contributed by atoms with Crippen molar-refractivity contribution in [2.75, 3.05) is 26.2 Å². The van der Waals surface area contributed by atoms with Crippen molar-refractivity contribution in [3.8, 4) is 0 Å². The van der Waals surface area contributed by atoms with E-state index in [0.29, 0.717) is 0 Å². The van der Waals surface area contributed by atoms with Gasteiger partial charge in [-0.25, -0.2) is 0 Å². The average Bonchev–Trinajstić information content (AvgIpc) is 2.91. The highest BCUT2D eigenvalue weighted by atomic mass is 32.1. The summed E-state index contributed by atoms with van der Waals surface area (Å²) in [6.45, 7) is 6.68. The van der Waals surface area contributed by atoms with Crippen molar-refractivity contribution in [2.24, 2.45) is 5.73 Å². The van der Waals surface area contributed by atoms with Gasteiger partial charge in [0.05, 0.1) is 6.04 Å². The largest absolute Gasteiger partial charge is 0.368 e. The summed E-state index contributed by atoms with van der Waals surface area (Å²) in [5.41, 5.74) is 6.79. The number of carbonyl (C=O) groups is 1. The smallest absolute Gasteiger partial charge is 0.234 e. The van der Waals surface area contributed by atoms with E-state index in [2.05, 4.69) is 39.4 Å². The van der Waals surface area contributed by atoms with Gasteiger partial charge in [-0.2, -0.15) is 0 Å². The van der Waals surface area contributed by atoms with Crippen LogP contribution in [0.5, 0.6) is 0 Å². The minimum atomic E-state index is -0.229. The second kappa shape index (κ2) is 6.13. The van der Waals surface area contributed by atoms with Gasteiger partial charge in [0, 0.05) is 37.4 Å². The van der Waals surface area contributed by atoms with Crippen LogP contribution in [0.1, 0.15) is 12.5 Å². The normalized spacial score (nSPS) is 18.9. The van der Waals surface area contributed by atoms with Gasteiger partial charge in [-0.05, 0) is 29.3 Å². The maximum atomic E-state index is 11.3. The molecule has 1 aromatic heterocycles. The number of carbonyl (C=O) groups excluding carboxylic acids is 1. The van der Waals surface area contributed by atoms with Crippen LogP contribution in [0.4, 0.5) is 0 Å². The van der Waals surface area contributed by atoms with E-state index in [1.54, 1.807) is 0 Å². The summed E-state index contributed by atoms with van der Waals surface area (Å²) in [4.78, 5) is 15.9. The fourth-order valence-electron chi connectivity index (χ4n) is 2.88. The molecule has 1 unspecified atom stereocenters. The molecule has 1 fully saturated rings. The van der Waals surface area contributed by atoms with E-state index in [1.165, 1.54) is 15.6 Å². The fourth-order valence-corrected chi connectivity index (χ4v) is 3.84. The zero-order chi connectivity index (χ0) is 14.8. The van der Waals surface area contributed by atoms with E-state index in [1.807, 2.05) is 18.3 Å². The predicted octanol–water partition coefficient (Wildman–Crippen LogP) is 1.89. The van der Waals surface area contributed by atoms with Crippen molar-refractivity contribution in [2.45, 2.75) is 19.5 Å². The molecule has 0 bridgehead atoms. The Morgan fingerprint density at radius 2 is 2.00 bits per heavy atom. The van der Waals surface area contributed by atoms with Crippen LogP contribution in [-0.4, -0.2) is 47.9 Å². The minimum Gasteiger partial charge on any atom is -0.368 e. The second-order valence-electron chi connectivity index (χ2n) is 5.65. The van der Waals surface area contributed by atoms with Crippen LogP contribution in [0.3, 0.4) is 0 Å². The molecule has 3 rings (SSSR count). The molecule has 5 heteroatoms. The number of nitrogens with zero attached hydrogens (tertiary/aromatic N) is 2. The van der Waals surface area contributed by atoms with Crippen molar-refractivity contribution >= 4 is 27.3 Å². The van der Waals surface area contributed by atoms with Crippen LogP contribution in [0, 0.1) is 0 Å². The molecule has 1 atom stereocenters. The lowest BCUT2D eigenvalue weighted by Gasteiger charge is -2.36. The lowest BCUT2D eigenvalue weighted by Crippen LogP contribution is -2.52. The summed E-state index contributed by atoms with van der Waals surface area (Å²) in [6.07, 6.45) is 0. The SMILES string of the molecule is CC(C(N)=O)N1CCN(Cc2csc3ccccc23)CC1. The highest BCUT2D eigenvalue weighted by Crippen LogP contribution is 2.26. The molecular weight excluding hydrogens is 282 g/mol. The molecule has 1 saturated heterocycles. The van der Waals surface area contributed by atoms with Crippen LogP contribution >= 0.6 is 11.3 Å². The predicted molar refractivity (Wildman–Crippen MR) is 87.3 cm³/mol. The number of hydrogen-bond donors (Lipinski definition) is 1. The molecule has 0 radical (unpaired) electrons. The molecule has 1 aliphatic rings. The van der Waals surface area contributed by atoms with Crippen LogP contribution in [0.25, 0.3) is 10.1 Å². The maximum Gasteiger partial charge on any atom is 0.234 e. The van der Waals surface area contributed by atoms with Crippen LogP contribution in [0.2, 0.25) is 0 Å². The summed E-state index contributed by atoms with van der Waals surface area (Å²) in [7, 11) is 0. The lowest BCUT2D eigenvalue weighted by molar-refractivity contribution is -0.123. The second-order valence-corrected chi connectivity index (χ2v) is 6.56. The standard InChI is InChI=1S/C16H21N3OS/c1-12(16(17)20)19-8-6-18(7-9-19)10-13-11-21-15-5-3-2-4-14(13)15/h2-5,11-12H,6-10H2,1H3,(H2,17,20). The number of rotatable bonds is 4. The Balaban J connectivity index is 1.62. The molecule has 1 aliphatic heterocycles. The van der Waals surface area contributed by atoms with E-state index in [9.17, 15) is 4.79 Å². The van der Waals surface area contributed by atoms with Gasteiger partial charge in [0.1, 0.15) is 0 Å². The van der Waals surface area contributed by atoms with Gasteiger partial charge in [0.25, 0.3) is 0 Å². The summed E-state index contributed by atoms with van der Waals surface area (Å²) in [5.74, 6) is -0.229. The van der Waals surface area contributed by atoms with Crippen LogP contribution < -0.4 is 5.73 Å². The number of benzene rings is 1. The number of nitrogens with two attached hydrogens (primary N) is 1. The number of hydrogen-bond acceptors (Lipinski definition) is 4. The van der Waals surface area contributed by atoms with E-state index in [-0.39, 0.29) is 11.9 Å². The molecule has 0 spiro atoms. The van der Waals surface area contributed by atoms with Crippen molar-refractivity contribution in [1.29, 1.82) is 0 Å².